The third-order valence-corrected chi connectivity index (χ3v) is 1.45. The Morgan fingerprint density at radius 3 is 2.50 bits per heavy atom. The van der Waals surface area contributed by atoms with E-state index in [9.17, 15) is 5.11 Å². The zero-order chi connectivity index (χ0) is 7.98. The van der Waals surface area contributed by atoms with Crippen LogP contribution in [0.1, 0.15) is 26.2 Å². The van der Waals surface area contributed by atoms with E-state index in [0.29, 0.717) is 0 Å². The Balaban J connectivity index is 3.21. The minimum absolute atomic E-state index is 0.211. The van der Waals surface area contributed by atoms with Crippen molar-refractivity contribution in [1.82, 2.24) is 0 Å². The average Bonchev–Trinajstić information content (AvgIpc) is 1.88. The van der Waals surface area contributed by atoms with Crippen LogP contribution in [0.4, 0.5) is 0 Å². The van der Waals surface area contributed by atoms with Crippen LogP contribution in [-0.2, 0) is 0 Å². The van der Waals surface area contributed by atoms with E-state index in [0.717, 1.165) is 24.8 Å². The summed E-state index contributed by atoms with van der Waals surface area (Å²) in [5, 5.41) is 17.6. The standard InChI is InChI=1S/C8H16O2/c1-7(2)8(10)5-3-4-6-9/h8-10H,1,3-6H2,2H3. The molecule has 10 heavy (non-hydrogen) atoms. The zero-order valence-electron chi connectivity index (χ0n) is 6.51. The topological polar surface area (TPSA) is 40.5 Å². The number of hydrogen-bond acceptors (Lipinski definition) is 2. The molecule has 0 aliphatic rings. The molecule has 2 N–H and O–H groups in total. The van der Waals surface area contributed by atoms with Crippen LogP contribution < -0.4 is 0 Å². The minimum atomic E-state index is -0.383. The number of hydrogen-bond donors (Lipinski definition) is 2. The molecule has 0 radical (unpaired) electrons. The van der Waals surface area contributed by atoms with Crippen molar-refractivity contribution in [3.8, 4) is 0 Å². The molecule has 0 saturated carbocycles. The Morgan fingerprint density at radius 2 is 2.10 bits per heavy atom. The van der Waals surface area contributed by atoms with Gasteiger partial charge in [0.2, 0.25) is 0 Å². The molecule has 0 amide bonds. The molecule has 0 aromatic carbocycles. The van der Waals surface area contributed by atoms with Gasteiger partial charge in [0.05, 0.1) is 6.10 Å². The quantitative estimate of drug-likeness (QED) is 0.448. The van der Waals surface area contributed by atoms with Gasteiger partial charge >= 0.3 is 0 Å². The summed E-state index contributed by atoms with van der Waals surface area (Å²) in [6, 6.07) is 0. The van der Waals surface area contributed by atoms with Crippen molar-refractivity contribution in [1.29, 1.82) is 0 Å². The van der Waals surface area contributed by atoms with Crippen LogP contribution in [0.3, 0.4) is 0 Å². The maximum absolute atomic E-state index is 9.17. The first-order valence-corrected chi connectivity index (χ1v) is 3.62. The van der Waals surface area contributed by atoms with Gasteiger partial charge in [0, 0.05) is 6.61 Å². The van der Waals surface area contributed by atoms with Crippen molar-refractivity contribution in [3.63, 3.8) is 0 Å². The molecular weight excluding hydrogens is 128 g/mol. The summed E-state index contributed by atoms with van der Waals surface area (Å²) >= 11 is 0. The highest BCUT2D eigenvalue weighted by Gasteiger charge is 2.02. The minimum Gasteiger partial charge on any atom is -0.396 e. The largest absolute Gasteiger partial charge is 0.396 e. The lowest BCUT2D eigenvalue weighted by atomic mass is 10.1. The second-order valence-corrected chi connectivity index (χ2v) is 2.58. The Labute approximate surface area is 62.2 Å². The Bertz CT molecular complexity index is 99.4. The van der Waals surface area contributed by atoms with Gasteiger partial charge in [-0.05, 0) is 26.2 Å². The van der Waals surface area contributed by atoms with Crippen LogP contribution in [0.2, 0.25) is 0 Å². The molecule has 0 rings (SSSR count). The van der Waals surface area contributed by atoms with Gasteiger partial charge in [-0.15, -0.1) is 0 Å². The Hall–Kier alpha value is -0.340. The van der Waals surface area contributed by atoms with Gasteiger partial charge in [-0.3, -0.25) is 0 Å². The van der Waals surface area contributed by atoms with Crippen molar-refractivity contribution in [2.75, 3.05) is 6.61 Å². The van der Waals surface area contributed by atoms with E-state index in [1.807, 2.05) is 6.92 Å². The molecule has 0 fully saturated rings. The molecule has 0 heterocycles. The predicted molar refractivity (Wildman–Crippen MR) is 41.8 cm³/mol. The normalized spacial score (nSPS) is 13.1. The van der Waals surface area contributed by atoms with Crippen molar-refractivity contribution in [2.24, 2.45) is 0 Å². The molecule has 60 valence electrons. The molecule has 0 spiro atoms. The highest BCUT2D eigenvalue weighted by Crippen LogP contribution is 2.06. The van der Waals surface area contributed by atoms with Crippen molar-refractivity contribution in [2.45, 2.75) is 32.3 Å². The van der Waals surface area contributed by atoms with Crippen LogP contribution in [0, 0.1) is 0 Å². The lowest BCUT2D eigenvalue weighted by Crippen LogP contribution is -2.06. The summed E-state index contributed by atoms with van der Waals surface area (Å²) in [5.41, 5.74) is 0.804. The molecule has 0 bridgehead atoms. The lowest BCUT2D eigenvalue weighted by molar-refractivity contribution is 0.190. The highest BCUT2D eigenvalue weighted by atomic mass is 16.3. The molecule has 0 aromatic rings. The molecule has 1 atom stereocenters. The van der Waals surface area contributed by atoms with Gasteiger partial charge in [0.1, 0.15) is 0 Å². The van der Waals surface area contributed by atoms with Crippen LogP contribution in [0.5, 0.6) is 0 Å². The van der Waals surface area contributed by atoms with E-state index in [1.165, 1.54) is 0 Å². The van der Waals surface area contributed by atoms with Crippen LogP contribution >= 0.6 is 0 Å². The summed E-state index contributed by atoms with van der Waals surface area (Å²) in [7, 11) is 0. The highest BCUT2D eigenvalue weighted by molar-refractivity contribution is 4.96. The number of aliphatic hydroxyl groups is 2. The number of aliphatic hydroxyl groups excluding tert-OH is 2. The fraction of sp³-hybridized carbons (Fsp3) is 0.750. The van der Waals surface area contributed by atoms with Crippen LogP contribution in [-0.4, -0.2) is 22.9 Å². The Morgan fingerprint density at radius 1 is 1.50 bits per heavy atom. The van der Waals surface area contributed by atoms with Gasteiger partial charge < -0.3 is 10.2 Å². The molecule has 2 nitrogen and oxygen atoms in total. The van der Waals surface area contributed by atoms with E-state index in [-0.39, 0.29) is 12.7 Å². The first-order valence-electron chi connectivity index (χ1n) is 3.62. The van der Waals surface area contributed by atoms with E-state index < -0.39 is 0 Å². The zero-order valence-corrected chi connectivity index (χ0v) is 6.51. The second kappa shape index (κ2) is 5.45. The predicted octanol–water partition coefficient (Wildman–Crippen LogP) is 1.09. The first kappa shape index (κ1) is 9.66. The fourth-order valence-corrected chi connectivity index (χ4v) is 0.696. The van der Waals surface area contributed by atoms with Gasteiger partial charge in [-0.1, -0.05) is 12.2 Å². The first-order chi connectivity index (χ1) is 4.68. The lowest BCUT2D eigenvalue weighted by Gasteiger charge is -2.07. The third-order valence-electron chi connectivity index (χ3n) is 1.45. The van der Waals surface area contributed by atoms with Crippen molar-refractivity contribution >= 4 is 0 Å². The van der Waals surface area contributed by atoms with Crippen LogP contribution in [0.15, 0.2) is 12.2 Å². The third kappa shape index (κ3) is 4.53. The average molecular weight is 144 g/mol. The summed E-state index contributed by atoms with van der Waals surface area (Å²) < 4.78 is 0. The van der Waals surface area contributed by atoms with Gasteiger partial charge in [-0.25, -0.2) is 0 Å². The molecule has 0 aliphatic heterocycles. The summed E-state index contributed by atoms with van der Waals surface area (Å²) in [6.45, 7) is 5.64. The molecule has 0 saturated heterocycles. The van der Waals surface area contributed by atoms with Crippen molar-refractivity contribution < 1.29 is 10.2 Å². The SMILES string of the molecule is C=C(C)C(O)CCCCO. The second-order valence-electron chi connectivity index (χ2n) is 2.58. The summed E-state index contributed by atoms with van der Waals surface area (Å²) in [4.78, 5) is 0. The summed E-state index contributed by atoms with van der Waals surface area (Å²) in [5.74, 6) is 0. The molecule has 2 heteroatoms. The van der Waals surface area contributed by atoms with E-state index in [4.69, 9.17) is 5.11 Å². The summed E-state index contributed by atoms with van der Waals surface area (Å²) in [6.07, 6.45) is 1.97. The van der Waals surface area contributed by atoms with Gasteiger partial charge in [-0.2, -0.15) is 0 Å². The number of rotatable bonds is 5. The van der Waals surface area contributed by atoms with Gasteiger partial charge in [0.15, 0.2) is 0 Å². The van der Waals surface area contributed by atoms with Crippen molar-refractivity contribution in [3.05, 3.63) is 12.2 Å². The fourth-order valence-electron chi connectivity index (χ4n) is 0.696. The number of unbranched alkanes of at least 4 members (excludes halogenated alkanes) is 1. The smallest absolute Gasteiger partial charge is 0.0744 e. The molecular formula is C8H16O2. The van der Waals surface area contributed by atoms with E-state index in [1.54, 1.807) is 0 Å². The maximum Gasteiger partial charge on any atom is 0.0744 e. The van der Waals surface area contributed by atoms with E-state index >= 15 is 0 Å². The molecule has 0 aromatic heterocycles. The molecule has 1 unspecified atom stereocenters. The van der Waals surface area contributed by atoms with Gasteiger partial charge in [0.25, 0.3) is 0 Å². The maximum atomic E-state index is 9.17. The monoisotopic (exact) mass is 144 g/mol. The molecule has 0 aliphatic carbocycles. The van der Waals surface area contributed by atoms with Crippen LogP contribution in [0.25, 0.3) is 0 Å². The Kier molecular flexibility index (Phi) is 5.26. The van der Waals surface area contributed by atoms with E-state index in [2.05, 4.69) is 6.58 Å².